The predicted octanol–water partition coefficient (Wildman–Crippen LogP) is 2.35. The number of fused-ring (bicyclic) bond motifs is 1. The number of halogens is 1. The molecule has 2 N–H and O–H groups in total. The molecule has 0 spiro atoms. The highest BCUT2D eigenvalue weighted by Crippen LogP contribution is 2.24. The third-order valence-electron chi connectivity index (χ3n) is 4.13. The summed E-state index contributed by atoms with van der Waals surface area (Å²) in [5, 5.41) is 5.05. The zero-order valence-electron chi connectivity index (χ0n) is 12.8. The Bertz CT molecular complexity index is 931. The summed E-state index contributed by atoms with van der Waals surface area (Å²) in [6.45, 7) is 1.82. The van der Waals surface area contributed by atoms with E-state index in [0.717, 1.165) is 25.9 Å². The van der Waals surface area contributed by atoms with Crippen LogP contribution < -0.4 is 10.6 Å². The van der Waals surface area contributed by atoms with Crippen LogP contribution in [-0.2, 0) is 0 Å². The maximum Gasteiger partial charge on any atom is 0.281 e. The van der Waals surface area contributed by atoms with Gasteiger partial charge in [0.1, 0.15) is 0 Å². The standard InChI is InChI=1S/C16H15ClN6O/c17-12-6-2-1-5-10(12)15(24)23-14-11(13(18)21-23)9-19-16(20-14)22-7-3-4-8-22/h1-2,5-6,9H,3-4,7-8H2,(H2,18,21). The number of benzene rings is 1. The second-order valence-corrected chi connectivity index (χ2v) is 6.09. The lowest BCUT2D eigenvalue weighted by Crippen LogP contribution is -2.21. The number of anilines is 2. The number of carbonyl (C=O) groups is 1. The lowest BCUT2D eigenvalue weighted by molar-refractivity contribution is 0.0950. The van der Waals surface area contributed by atoms with Crippen LogP contribution in [0.3, 0.4) is 0 Å². The summed E-state index contributed by atoms with van der Waals surface area (Å²) in [7, 11) is 0. The molecule has 0 radical (unpaired) electrons. The monoisotopic (exact) mass is 342 g/mol. The van der Waals surface area contributed by atoms with Gasteiger partial charge in [-0.25, -0.2) is 4.98 Å². The molecule has 4 rings (SSSR count). The first-order valence-electron chi connectivity index (χ1n) is 7.70. The lowest BCUT2D eigenvalue weighted by Gasteiger charge is -2.14. The van der Waals surface area contributed by atoms with Gasteiger partial charge in [-0.05, 0) is 25.0 Å². The molecule has 0 amide bonds. The third-order valence-corrected chi connectivity index (χ3v) is 4.46. The summed E-state index contributed by atoms with van der Waals surface area (Å²) < 4.78 is 1.20. The molecule has 2 aromatic heterocycles. The summed E-state index contributed by atoms with van der Waals surface area (Å²) in [4.78, 5) is 23.8. The van der Waals surface area contributed by atoms with Crippen molar-refractivity contribution in [1.82, 2.24) is 19.7 Å². The molecule has 7 nitrogen and oxygen atoms in total. The van der Waals surface area contributed by atoms with Crippen molar-refractivity contribution in [3.05, 3.63) is 41.0 Å². The van der Waals surface area contributed by atoms with Crippen molar-refractivity contribution in [3.8, 4) is 0 Å². The zero-order chi connectivity index (χ0) is 16.7. The normalized spacial score (nSPS) is 14.5. The van der Waals surface area contributed by atoms with E-state index < -0.39 is 0 Å². The summed E-state index contributed by atoms with van der Waals surface area (Å²) in [5.74, 6) is 0.444. The van der Waals surface area contributed by atoms with Crippen molar-refractivity contribution >= 4 is 40.3 Å². The molecule has 8 heteroatoms. The molecular weight excluding hydrogens is 328 g/mol. The fraction of sp³-hybridized carbons (Fsp3) is 0.250. The minimum atomic E-state index is -0.367. The Kier molecular flexibility index (Phi) is 3.57. The van der Waals surface area contributed by atoms with Crippen molar-refractivity contribution < 1.29 is 4.79 Å². The molecule has 1 aromatic carbocycles. The van der Waals surface area contributed by atoms with Crippen LogP contribution in [0, 0.1) is 0 Å². The summed E-state index contributed by atoms with van der Waals surface area (Å²) >= 11 is 6.13. The van der Waals surface area contributed by atoms with Crippen molar-refractivity contribution in [2.24, 2.45) is 0 Å². The van der Waals surface area contributed by atoms with Crippen molar-refractivity contribution in [1.29, 1.82) is 0 Å². The highest BCUT2D eigenvalue weighted by Gasteiger charge is 2.22. The van der Waals surface area contributed by atoms with Crippen LogP contribution in [0.5, 0.6) is 0 Å². The maximum absolute atomic E-state index is 12.8. The Morgan fingerprint density at radius 3 is 2.71 bits per heavy atom. The number of hydrogen-bond donors (Lipinski definition) is 1. The molecule has 0 saturated carbocycles. The van der Waals surface area contributed by atoms with E-state index in [1.165, 1.54) is 4.68 Å². The van der Waals surface area contributed by atoms with Crippen molar-refractivity contribution in [2.75, 3.05) is 23.7 Å². The lowest BCUT2D eigenvalue weighted by atomic mass is 10.2. The van der Waals surface area contributed by atoms with Gasteiger partial charge >= 0.3 is 0 Å². The number of rotatable bonds is 2. The van der Waals surface area contributed by atoms with E-state index in [9.17, 15) is 4.79 Å². The highest BCUT2D eigenvalue weighted by molar-refractivity contribution is 6.34. The molecular formula is C16H15ClN6O. The third kappa shape index (κ3) is 2.37. The van der Waals surface area contributed by atoms with E-state index in [-0.39, 0.29) is 11.7 Å². The molecule has 3 heterocycles. The molecule has 1 fully saturated rings. The number of aromatic nitrogens is 4. The average Bonchev–Trinajstić information content (AvgIpc) is 3.23. The van der Waals surface area contributed by atoms with Crippen LogP contribution in [0.4, 0.5) is 11.8 Å². The van der Waals surface area contributed by atoms with E-state index in [2.05, 4.69) is 20.0 Å². The number of nitrogen functional groups attached to an aromatic ring is 1. The van der Waals surface area contributed by atoms with Crippen molar-refractivity contribution in [2.45, 2.75) is 12.8 Å². The maximum atomic E-state index is 12.8. The van der Waals surface area contributed by atoms with Crippen LogP contribution in [0.1, 0.15) is 23.2 Å². The van der Waals surface area contributed by atoms with E-state index in [1.54, 1.807) is 30.5 Å². The van der Waals surface area contributed by atoms with E-state index in [1.807, 2.05) is 0 Å². The van der Waals surface area contributed by atoms with Crippen molar-refractivity contribution in [3.63, 3.8) is 0 Å². The Balaban J connectivity index is 1.84. The van der Waals surface area contributed by atoms with Gasteiger partial charge in [0, 0.05) is 19.3 Å². The Morgan fingerprint density at radius 1 is 1.21 bits per heavy atom. The van der Waals surface area contributed by atoms with Gasteiger partial charge in [-0.3, -0.25) is 4.79 Å². The second kappa shape index (κ2) is 5.76. The SMILES string of the molecule is Nc1nn(C(=O)c2ccccc2Cl)c2nc(N3CCCC3)ncc12. The fourth-order valence-electron chi connectivity index (χ4n) is 2.87. The van der Waals surface area contributed by atoms with E-state index in [0.29, 0.717) is 27.6 Å². The first-order chi connectivity index (χ1) is 11.6. The Hall–Kier alpha value is -2.67. The quantitative estimate of drug-likeness (QED) is 0.768. The van der Waals surface area contributed by atoms with Gasteiger partial charge in [0.05, 0.1) is 16.0 Å². The number of hydrogen-bond acceptors (Lipinski definition) is 6. The van der Waals surface area contributed by atoms with Gasteiger partial charge in [0.15, 0.2) is 11.5 Å². The zero-order valence-corrected chi connectivity index (χ0v) is 13.6. The van der Waals surface area contributed by atoms with Gasteiger partial charge in [-0.2, -0.15) is 9.67 Å². The van der Waals surface area contributed by atoms with Gasteiger partial charge in [-0.15, -0.1) is 5.10 Å². The Labute approximate surface area is 143 Å². The van der Waals surface area contributed by atoms with E-state index in [4.69, 9.17) is 17.3 Å². The predicted molar refractivity (Wildman–Crippen MR) is 92.4 cm³/mol. The molecule has 0 aliphatic carbocycles. The van der Waals surface area contributed by atoms with E-state index >= 15 is 0 Å². The highest BCUT2D eigenvalue weighted by atomic mass is 35.5. The molecule has 1 saturated heterocycles. The molecule has 1 aliphatic heterocycles. The van der Waals surface area contributed by atoms with Crippen LogP contribution in [-0.4, -0.2) is 38.7 Å². The smallest absolute Gasteiger partial charge is 0.281 e. The summed E-state index contributed by atoms with van der Waals surface area (Å²) in [6.07, 6.45) is 3.84. The molecule has 24 heavy (non-hydrogen) atoms. The second-order valence-electron chi connectivity index (χ2n) is 5.68. The summed E-state index contributed by atoms with van der Waals surface area (Å²) in [6, 6.07) is 6.83. The van der Waals surface area contributed by atoms with Gasteiger partial charge in [0.25, 0.3) is 5.91 Å². The molecule has 0 bridgehead atoms. The number of nitrogens with two attached hydrogens (primary N) is 1. The van der Waals surface area contributed by atoms with Crippen LogP contribution in [0.25, 0.3) is 11.0 Å². The van der Waals surface area contributed by atoms with Gasteiger partial charge in [-0.1, -0.05) is 23.7 Å². The molecule has 0 unspecified atom stereocenters. The summed E-state index contributed by atoms with van der Waals surface area (Å²) in [5.41, 5.74) is 6.67. The van der Waals surface area contributed by atoms with Crippen LogP contribution in [0.15, 0.2) is 30.5 Å². The molecule has 122 valence electrons. The Morgan fingerprint density at radius 2 is 1.96 bits per heavy atom. The first-order valence-corrected chi connectivity index (χ1v) is 8.08. The molecule has 1 aliphatic rings. The minimum absolute atomic E-state index is 0.221. The topological polar surface area (TPSA) is 89.9 Å². The number of carbonyl (C=O) groups excluding carboxylic acids is 1. The van der Waals surface area contributed by atoms with Crippen LogP contribution >= 0.6 is 11.6 Å². The first kappa shape index (κ1) is 14.9. The van der Waals surface area contributed by atoms with Gasteiger partial charge in [0.2, 0.25) is 5.95 Å². The average molecular weight is 343 g/mol. The minimum Gasteiger partial charge on any atom is -0.382 e. The van der Waals surface area contributed by atoms with Crippen LogP contribution in [0.2, 0.25) is 5.02 Å². The largest absolute Gasteiger partial charge is 0.382 e. The molecule has 0 atom stereocenters. The van der Waals surface area contributed by atoms with Gasteiger partial charge < -0.3 is 10.6 Å². The molecule has 3 aromatic rings. The fourth-order valence-corrected chi connectivity index (χ4v) is 3.09. The number of nitrogens with zero attached hydrogens (tertiary/aromatic N) is 5.